The first-order chi connectivity index (χ1) is 14.4. The number of halogens is 1. The number of methoxy groups -OCH3 is 2. The molecule has 0 spiro atoms. The molecule has 0 aromatic heterocycles. The van der Waals surface area contributed by atoms with Crippen LogP contribution in [0.3, 0.4) is 0 Å². The van der Waals surface area contributed by atoms with Crippen molar-refractivity contribution in [3.05, 3.63) is 58.6 Å². The van der Waals surface area contributed by atoms with Crippen LogP contribution in [0.15, 0.2) is 42.5 Å². The summed E-state index contributed by atoms with van der Waals surface area (Å²) < 4.78 is 10.8. The van der Waals surface area contributed by atoms with Crippen molar-refractivity contribution >= 4 is 23.4 Å². The predicted molar refractivity (Wildman–Crippen MR) is 116 cm³/mol. The maximum absolute atomic E-state index is 13.3. The first-order valence-corrected chi connectivity index (χ1v) is 10.3. The fourth-order valence-corrected chi connectivity index (χ4v) is 3.61. The molecule has 1 saturated carbocycles. The van der Waals surface area contributed by atoms with Gasteiger partial charge in [-0.1, -0.05) is 23.7 Å². The smallest absolute Gasteiger partial charge is 0.225 e. The van der Waals surface area contributed by atoms with Crippen LogP contribution >= 0.6 is 11.6 Å². The lowest BCUT2D eigenvalue weighted by atomic mass is 10.0. The average molecular weight is 431 g/mol. The van der Waals surface area contributed by atoms with Gasteiger partial charge < -0.3 is 19.7 Å². The molecule has 0 radical (unpaired) electrons. The fourth-order valence-electron chi connectivity index (χ4n) is 3.48. The summed E-state index contributed by atoms with van der Waals surface area (Å²) in [5, 5.41) is 3.50. The first-order valence-electron chi connectivity index (χ1n) is 9.94. The van der Waals surface area contributed by atoms with Gasteiger partial charge >= 0.3 is 0 Å². The number of hydrogen-bond acceptors (Lipinski definition) is 4. The molecule has 7 heteroatoms. The standard InChI is InChI=1S/C23H27ClN2O4/c1-15(27)25-21(16-4-6-18(24)7-5-16)13-23(28)26(19-8-9-19)14-17-12-20(29-2)10-11-22(17)30-3/h4-7,10-12,19,21H,8-9,13-14H2,1-3H3,(H,25,27). The van der Waals surface area contributed by atoms with Crippen LogP contribution in [0.2, 0.25) is 5.02 Å². The van der Waals surface area contributed by atoms with Crippen LogP contribution in [0, 0.1) is 0 Å². The number of nitrogens with one attached hydrogen (secondary N) is 1. The summed E-state index contributed by atoms with van der Waals surface area (Å²) in [6, 6.07) is 12.6. The largest absolute Gasteiger partial charge is 0.497 e. The van der Waals surface area contributed by atoms with Crippen LogP contribution in [0.5, 0.6) is 11.5 Å². The monoisotopic (exact) mass is 430 g/mol. The lowest BCUT2D eigenvalue weighted by Crippen LogP contribution is -2.37. The van der Waals surface area contributed by atoms with Gasteiger partial charge in [-0.05, 0) is 48.7 Å². The van der Waals surface area contributed by atoms with E-state index in [-0.39, 0.29) is 24.3 Å². The number of nitrogens with zero attached hydrogens (tertiary/aromatic N) is 1. The molecule has 1 fully saturated rings. The Kier molecular flexibility index (Phi) is 7.21. The Morgan fingerprint density at radius 2 is 1.83 bits per heavy atom. The summed E-state index contributed by atoms with van der Waals surface area (Å²) >= 11 is 5.99. The Hall–Kier alpha value is -2.73. The van der Waals surface area contributed by atoms with Crippen LogP contribution in [-0.2, 0) is 16.1 Å². The third kappa shape index (κ3) is 5.66. The third-order valence-electron chi connectivity index (χ3n) is 5.16. The molecule has 0 aliphatic heterocycles. The molecule has 1 unspecified atom stereocenters. The van der Waals surface area contributed by atoms with Crippen molar-refractivity contribution in [3.8, 4) is 11.5 Å². The minimum atomic E-state index is -0.416. The number of rotatable bonds is 9. The van der Waals surface area contributed by atoms with Crippen molar-refractivity contribution in [2.45, 2.75) is 44.8 Å². The third-order valence-corrected chi connectivity index (χ3v) is 5.42. The number of amides is 2. The van der Waals surface area contributed by atoms with E-state index in [1.165, 1.54) is 6.92 Å². The van der Waals surface area contributed by atoms with Crippen LogP contribution in [0.4, 0.5) is 0 Å². The second-order valence-corrected chi connectivity index (χ2v) is 7.88. The van der Waals surface area contributed by atoms with E-state index in [2.05, 4.69) is 5.32 Å². The van der Waals surface area contributed by atoms with E-state index in [0.717, 1.165) is 24.0 Å². The summed E-state index contributed by atoms with van der Waals surface area (Å²) in [5.74, 6) is 1.22. The van der Waals surface area contributed by atoms with E-state index in [9.17, 15) is 9.59 Å². The van der Waals surface area contributed by atoms with E-state index in [1.54, 1.807) is 26.4 Å². The number of ether oxygens (including phenoxy) is 2. The molecule has 160 valence electrons. The van der Waals surface area contributed by atoms with Gasteiger partial charge in [0.1, 0.15) is 11.5 Å². The van der Waals surface area contributed by atoms with Gasteiger partial charge in [-0.25, -0.2) is 0 Å². The first kappa shape index (κ1) is 22.0. The lowest BCUT2D eigenvalue weighted by Gasteiger charge is -2.27. The van der Waals surface area contributed by atoms with Gasteiger partial charge in [0.05, 0.1) is 26.7 Å². The second kappa shape index (κ2) is 9.85. The van der Waals surface area contributed by atoms with Crippen LogP contribution in [0.25, 0.3) is 0 Å². The van der Waals surface area contributed by atoms with Crippen LogP contribution in [-0.4, -0.2) is 37.0 Å². The number of benzene rings is 2. The van der Waals surface area contributed by atoms with Gasteiger partial charge in [0.2, 0.25) is 11.8 Å². The van der Waals surface area contributed by atoms with Gasteiger partial charge in [-0.3, -0.25) is 9.59 Å². The van der Waals surface area contributed by atoms with E-state index < -0.39 is 6.04 Å². The van der Waals surface area contributed by atoms with Gasteiger partial charge in [0.25, 0.3) is 0 Å². The highest BCUT2D eigenvalue weighted by Gasteiger charge is 2.34. The number of hydrogen-bond donors (Lipinski definition) is 1. The average Bonchev–Trinajstić information content (AvgIpc) is 3.56. The Balaban J connectivity index is 1.81. The predicted octanol–water partition coefficient (Wildman–Crippen LogP) is 4.12. The van der Waals surface area contributed by atoms with Crippen LogP contribution < -0.4 is 14.8 Å². The highest BCUT2D eigenvalue weighted by Crippen LogP contribution is 2.33. The van der Waals surface area contributed by atoms with Crippen molar-refractivity contribution < 1.29 is 19.1 Å². The van der Waals surface area contributed by atoms with Gasteiger partial charge in [0, 0.05) is 30.1 Å². The quantitative estimate of drug-likeness (QED) is 0.649. The lowest BCUT2D eigenvalue weighted by molar-refractivity contribution is -0.133. The summed E-state index contributed by atoms with van der Waals surface area (Å²) in [6.07, 6.45) is 2.12. The second-order valence-electron chi connectivity index (χ2n) is 7.44. The molecule has 2 amide bonds. The molecule has 2 aromatic rings. The van der Waals surface area contributed by atoms with Crippen LogP contribution in [0.1, 0.15) is 43.4 Å². The Labute approximate surface area is 182 Å². The van der Waals surface area contributed by atoms with Gasteiger partial charge in [-0.2, -0.15) is 0 Å². The minimum absolute atomic E-state index is 0.0175. The normalized spacial score (nSPS) is 14.0. The van der Waals surface area contributed by atoms with Crippen molar-refractivity contribution in [3.63, 3.8) is 0 Å². The summed E-state index contributed by atoms with van der Waals surface area (Å²) in [4.78, 5) is 26.9. The Morgan fingerprint density at radius 1 is 1.13 bits per heavy atom. The highest BCUT2D eigenvalue weighted by molar-refractivity contribution is 6.30. The molecule has 1 aliphatic carbocycles. The molecule has 6 nitrogen and oxygen atoms in total. The van der Waals surface area contributed by atoms with Gasteiger partial charge in [0.15, 0.2) is 0 Å². The molecule has 1 aliphatic rings. The fraction of sp³-hybridized carbons (Fsp3) is 0.391. The molecule has 2 aromatic carbocycles. The van der Waals surface area contributed by atoms with Crippen molar-refractivity contribution in [1.82, 2.24) is 10.2 Å². The maximum Gasteiger partial charge on any atom is 0.225 e. The molecular weight excluding hydrogens is 404 g/mol. The molecular formula is C23H27ClN2O4. The zero-order valence-corrected chi connectivity index (χ0v) is 18.2. The zero-order chi connectivity index (χ0) is 21.7. The Morgan fingerprint density at radius 3 is 2.40 bits per heavy atom. The molecule has 0 heterocycles. The molecule has 1 N–H and O–H groups in total. The summed E-state index contributed by atoms with van der Waals surface area (Å²) in [6.45, 7) is 1.88. The zero-order valence-electron chi connectivity index (χ0n) is 17.5. The minimum Gasteiger partial charge on any atom is -0.497 e. The summed E-state index contributed by atoms with van der Waals surface area (Å²) in [5.41, 5.74) is 1.73. The summed E-state index contributed by atoms with van der Waals surface area (Å²) in [7, 11) is 3.22. The Bertz CT molecular complexity index is 897. The molecule has 30 heavy (non-hydrogen) atoms. The van der Waals surface area contributed by atoms with E-state index in [4.69, 9.17) is 21.1 Å². The molecule has 3 rings (SSSR count). The van der Waals surface area contributed by atoms with Crippen molar-refractivity contribution in [2.24, 2.45) is 0 Å². The van der Waals surface area contributed by atoms with Crippen molar-refractivity contribution in [2.75, 3.05) is 14.2 Å². The SMILES string of the molecule is COc1ccc(OC)c(CN(C(=O)CC(NC(C)=O)c2ccc(Cl)cc2)C2CC2)c1. The number of carbonyl (C=O) groups is 2. The molecule has 1 atom stereocenters. The molecule has 0 bridgehead atoms. The maximum atomic E-state index is 13.3. The topological polar surface area (TPSA) is 67.9 Å². The number of carbonyl (C=O) groups excluding carboxylic acids is 2. The highest BCUT2D eigenvalue weighted by atomic mass is 35.5. The van der Waals surface area contributed by atoms with E-state index >= 15 is 0 Å². The molecule has 0 saturated heterocycles. The van der Waals surface area contributed by atoms with E-state index in [0.29, 0.717) is 23.1 Å². The van der Waals surface area contributed by atoms with E-state index in [1.807, 2.05) is 35.2 Å². The van der Waals surface area contributed by atoms with Crippen molar-refractivity contribution in [1.29, 1.82) is 0 Å². The van der Waals surface area contributed by atoms with Gasteiger partial charge in [-0.15, -0.1) is 0 Å².